The van der Waals surface area contributed by atoms with Gasteiger partial charge in [-0.15, -0.1) is 0 Å². The van der Waals surface area contributed by atoms with Crippen LogP contribution in [0.1, 0.15) is 25.0 Å². The van der Waals surface area contributed by atoms with Crippen molar-refractivity contribution in [2.24, 2.45) is 0 Å². The van der Waals surface area contributed by atoms with Crippen molar-refractivity contribution in [1.82, 2.24) is 0 Å². The lowest BCUT2D eigenvalue weighted by molar-refractivity contribution is -0.153. The average Bonchev–Trinajstić information content (AvgIpc) is 2.26. The third-order valence-corrected chi connectivity index (χ3v) is 1.79. The zero-order valence-electron chi connectivity index (χ0n) is 8.14. The first-order valence-corrected chi connectivity index (χ1v) is 4.65. The summed E-state index contributed by atoms with van der Waals surface area (Å²) in [6, 6.07) is 8.75. The summed E-state index contributed by atoms with van der Waals surface area (Å²) in [5.41, 5.74) is 0.564. The molecule has 0 bridgehead atoms. The maximum absolute atomic E-state index is 11.2. The second kappa shape index (κ2) is 5.40. The second-order valence-electron chi connectivity index (χ2n) is 2.98. The number of hydrogen-bond acceptors (Lipinski definition) is 3. The van der Waals surface area contributed by atoms with Gasteiger partial charge in [0.2, 0.25) is 0 Å². The van der Waals surface area contributed by atoms with E-state index < -0.39 is 12.1 Å². The molecule has 76 valence electrons. The minimum Gasteiger partial charge on any atom is -0.464 e. The molecule has 1 rings (SSSR count). The van der Waals surface area contributed by atoms with Gasteiger partial charge in [-0.2, -0.15) is 0 Å². The van der Waals surface area contributed by atoms with Crippen LogP contribution in [0.2, 0.25) is 0 Å². The van der Waals surface area contributed by atoms with Gasteiger partial charge in [0, 0.05) is 0 Å². The molecule has 0 amide bonds. The van der Waals surface area contributed by atoms with Crippen molar-refractivity contribution in [3.63, 3.8) is 0 Å². The fourth-order valence-electron chi connectivity index (χ4n) is 1.05. The third kappa shape index (κ3) is 2.85. The summed E-state index contributed by atoms with van der Waals surface area (Å²) in [6.07, 6.45) is -0.407. The quantitative estimate of drug-likeness (QED) is 0.742. The van der Waals surface area contributed by atoms with Crippen molar-refractivity contribution in [1.29, 1.82) is 0 Å². The molecular formula is C11H14O3. The minimum absolute atomic E-state index is 0.350. The summed E-state index contributed by atoms with van der Waals surface area (Å²) < 4.78 is 4.82. The predicted molar refractivity (Wildman–Crippen MR) is 52.7 cm³/mol. The second-order valence-corrected chi connectivity index (χ2v) is 2.98. The molecule has 3 heteroatoms. The Morgan fingerprint density at radius 1 is 1.43 bits per heavy atom. The first-order valence-electron chi connectivity index (χ1n) is 4.65. The van der Waals surface area contributed by atoms with E-state index in [1.54, 1.807) is 24.3 Å². The molecule has 0 aliphatic carbocycles. The topological polar surface area (TPSA) is 46.5 Å². The summed E-state index contributed by atoms with van der Waals surface area (Å²) in [6.45, 7) is 2.25. The number of ether oxygens (including phenoxy) is 1. The van der Waals surface area contributed by atoms with Crippen LogP contribution >= 0.6 is 0 Å². The van der Waals surface area contributed by atoms with E-state index in [1.807, 2.05) is 13.0 Å². The third-order valence-electron chi connectivity index (χ3n) is 1.79. The fourth-order valence-corrected chi connectivity index (χ4v) is 1.05. The largest absolute Gasteiger partial charge is 0.464 e. The van der Waals surface area contributed by atoms with Crippen LogP contribution in [0.15, 0.2) is 30.3 Å². The van der Waals surface area contributed by atoms with Crippen LogP contribution in [0.3, 0.4) is 0 Å². The van der Waals surface area contributed by atoms with Crippen LogP contribution in [-0.4, -0.2) is 17.7 Å². The smallest absolute Gasteiger partial charge is 0.339 e. The van der Waals surface area contributed by atoms with Gasteiger partial charge in [-0.3, -0.25) is 0 Å². The maximum Gasteiger partial charge on any atom is 0.339 e. The molecule has 0 saturated carbocycles. The van der Waals surface area contributed by atoms with E-state index >= 15 is 0 Å². The highest BCUT2D eigenvalue weighted by atomic mass is 16.5. The number of aliphatic hydroxyl groups is 1. The van der Waals surface area contributed by atoms with Gasteiger partial charge >= 0.3 is 5.97 Å². The molecule has 0 radical (unpaired) electrons. The molecule has 1 atom stereocenters. The van der Waals surface area contributed by atoms with Crippen molar-refractivity contribution in [2.45, 2.75) is 19.4 Å². The van der Waals surface area contributed by atoms with E-state index in [2.05, 4.69) is 0 Å². The van der Waals surface area contributed by atoms with Gasteiger partial charge in [0.25, 0.3) is 0 Å². The maximum atomic E-state index is 11.2. The van der Waals surface area contributed by atoms with Gasteiger partial charge in [-0.1, -0.05) is 37.3 Å². The molecule has 0 unspecified atom stereocenters. The summed E-state index contributed by atoms with van der Waals surface area (Å²) in [4.78, 5) is 11.2. The van der Waals surface area contributed by atoms with Gasteiger partial charge < -0.3 is 9.84 Å². The molecule has 14 heavy (non-hydrogen) atoms. The monoisotopic (exact) mass is 194 g/mol. The molecule has 0 saturated heterocycles. The molecule has 0 fully saturated rings. The Balaban J connectivity index is 2.57. The van der Waals surface area contributed by atoms with E-state index in [-0.39, 0.29) is 0 Å². The molecule has 0 aliphatic heterocycles. The standard InChI is InChI=1S/C11H14O3/c1-2-8-14-11(13)10(12)9-6-4-3-5-7-9/h3-7,10,12H,2,8H2,1H3/t10-/m0/s1. The van der Waals surface area contributed by atoms with Gasteiger partial charge in [0.15, 0.2) is 6.10 Å². The lowest BCUT2D eigenvalue weighted by Gasteiger charge is -2.09. The first-order chi connectivity index (χ1) is 6.75. The Labute approximate surface area is 83.3 Å². The lowest BCUT2D eigenvalue weighted by atomic mass is 10.1. The molecule has 0 aliphatic rings. The molecule has 3 nitrogen and oxygen atoms in total. The number of esters is 1. The normalized spacial score (nSPS) is 12.1. The lowest BCUT2D eigenvalue weighted by Crippen LogP contribution is -2.15. The van der Waals surface area contributed by atoms with Gasteiger partial charge in [0.1, 0.15) is 0 Å². The Bertz CT molecular complexity index is 282. The summed E-state index contributed by atoms with van der Waals surface area (Å²) in [5.74, 6) is -0.585. The van der Waals surface area contributed by atoms with Crippen LogP contribution in [0.25, 0.3) is 0 Å². The predicted octanol–water partition coefficient (Wildman–Crippen LogP) is 1.67. The Hall–Kier alpha value is -1.35. The number of hydrogen-bond donors (Lipinski definition) is 1. The number of aliphatic hydroxyl groups excluding tert-OH is 1. The van der Waals surface area contributed by atoms with Crippen molar-refractivity contribution >= 4 is 5.97 Å². The van der Waals surface area contributed by atoms with Crippen molar-refractivity contribution in [3.8, 4) is 0 Å². The zero-order valence-corrected chi connectivity index (χ0v) is 8.14. The molecule has 0 heterocycles. The van der Waals surface area contributed by atoms with Crippen LogP contribution in [0.4, 0.5) is 0 Å². The molecule has 0 spiro atoms. The minimum atomic E-state index is -1.16. The Morgan fingerprint density at radius 2 is 2.07 bits per heavy atom. The van der Waals surface area contributed by atoms with E-state index in [9.17, 15) is 9.90 Å². The van der Waals surface area contributed by atoms with Gasteiger partial charge in [0.05, 0.1) is 6.61 Å². The Kier molecular flexibility index (Phi) is 4.13. The van der Waals surface area contributed by atoms with Crippen molar-refractivity contribution in [2.75, 3.05) is 6.61 Å². The van der Waals surface area contributed by atoms with E-state index in [0.717, 1.165) is 6.42 Å². The van der Waals surface area contributed by atoms with Crippen molar-refractivity contribution < 1.29 is 14.6 Å². The number of carbonyl (C=O) groups is 1. The summed E-state index contributed by atoms with van der Waals surface area (Å²) in [5, 5.41) is 9.54. The highest BCUT2D eigenvalue weighted by Gasteiger charge is 2.17. The van der Waals surface area contributed by atoms with E-state index in [4.69, 9.17) is 4.74 Å². The summed E-state index contributed by atoms with van der Waals surface area (Å²) in [7, 11) is 0. The summed E-state index contributed by atoms with van der Waals surface area (Å²) >= 11 is 0. The zero-order chi connectivity index (χ0) is 10.4. The molecule has 1 N–H and O–H groups in total. The number of benzene rings is 1. The highest BCUT2D eigenvalue weighted by Crippen LogP contribution is 2.13. The first kappa shape index (κ1) is 10.7. The van der Waals surface area contributed by atoms with Crippen LogP contribution in [-0.2, 0) is 9.53 Å². The van der Waals surface area contributed by atoms with E-state index in [1.165, 1.54) is 0 Å². The van der Waals surface area contributed by atoms with Crippen molar-refractivity contribution in [3.05, 3.63) is 35.9 Å². The molecule has 0 aromatic heterocycles. The SMILES string of the molecule is CCCOC(=O)[C@@H](O)c1ccccc1. The fraction of sp³-hybridized carbons (Fsp3) is 0.364. The van der Waals surface area contributed by atoms with Gasteiger partial charge in [-0.05, 0) is 12.0 Å². The average molecular weight is 194 g/mol. The highest BCUT2D eigenvalue weighted by molar-refractivity contribution is 5.76. The molecule has 1 aromatic carbocycles. The van der Waals surface area contributed by atoms with Gasteiger partial charge in [-0.25, -0.2) is 4.79 Å². The van der Waals surface area contributed by atoms with Crippen LogP contribution in [0, 0.1) is 0 Å². The Morgan fingerprint density at radius 3 is 2.64 bits per heavy atom. The number of rotatable bonds is 4. The van der Waals surface area contributed by atoms with Crippen LogP contribution < -0.4 is 0 Å². The van der Waals surface area contributed by atoms with E-state index in [0.29, 0.717) is 12.2 Å². The number of carbonyl (C=O) groups excluding carboxylic acids is 1. The van der Waals surface area contributed by atoms with Crippen LogP contribution in [0.5, 0.6) is 0 Å². The molecular weight excluding hydrogens is 180 g/mol. The molecule has 1 aromatic rings.